The van der Waals surface area contributed by atoms with Gasteiger partial charge in [0.05, 0.1) is 6.61 Å². The molecule has 0 bridgehead atoms. The van der Waals surface area contributed by atoms with Gasteiger partial charge >= 0.3 is 0 Å². The Bertz CT molecular complexity index is 602. The highest BCUT2D eigenvalue weighted by Gasteiger charge is 2.11. The van der Waals surface area contributed by atoms with Crippen LogP contribution in [-0.4, -0.2) is 6.61 Å². The van der Waals surface area contributed by atoms with Crippen molar-refractivity contribution in [3.8, 4) is 17.2 Å². The van der Waals surface area contributed by atoms with Crippen LogP contribution in [0.25, 0.3) is 0 Å². The number of halogens is 2. The van der Waals surface area contributed by atoms with Crippen molar-refractivity contribution in [2.24, 2.45) is 0 Å². The SMILES string of the molecule is CCCOc1cccc(Oc2cc(F)ccc2F)c1N. The molecule has 0 unspecified atom stereocenters. The van der Waals surface area contributed by atoms with Gasteiger partial charge in [-0.25, -0.2) is 8.78 Å². The van der Waals surface area contributed by atoms with Crippen molar-refractivity contribution in [2.45, 2.75) is 13.3 Å². The van der Waals surface area contributed by atoms with Gasteiger partial charge in [-0.05, 0) is 30.7 Å². The summed E-state index contributed by atoms with van der Waals surface area (Å²) in [6, 6.07) is 7.92. The number of anilines is 1. The molecule has 0 saturated heterocycles. The van der Waals surface area contributed by atoms with Gasteiger partial charge in [0.1, 0.15) is 17.3 Å². The average Bonchev–Trinajstić information content (AvgIpc) is 2.44. The Morgan fingerprint density at radius 2 is 1.80 bits per heavy atom. The molecular weight excluding hydrogens is 264 g/mol. The van der Waals surface area contributed by atoms with Crippen molar-refractivity contribution < 1.29 is 18.3 Å². The maximum Gasteiger partial charge on any atom is 0.166 e. The first-order chi connectivity index (χ1) is 9.61. The van der Waals surface area contributed by atoms with Crippen LogP contribution in [0.2, 0.25) is 0 Å². The van der Waals surface area contributed by atoms with Crippen molar-refractivity contribution in [3.05, 3.63) is 48.0 Å². The number of nitrogens with two attached hydrogens (primary N) is 1. The van der Waals surface area contributed by atoms with Crippen LogP contribution in [0.15, 0.2) is 36.4 Å². The van der Waals surface area contributed by atoms with Gasteiger partial charge in [-0.3, -0.25) is 0 Å². The summed E-state index contributed by atoms with van der Waals surface area (Å²) in [5.41, 5.74) is 6.15. The molecule has 0 aromatic heterocycles. The standard InChI is InChI=1S/C15H15F2NO2/c1-2-8-19-12-4-3-5-13(15(12)18)20-14-9-10(16)6-7-11(14)17/h3-7,9H,2,8,18H2,1H3. The lowest BCUT2D eigenvalue weighted by Crippen LogP contribution is -2.01. The van der Waals surface area contributed by atoms with E-state index in [1.165, 1.54) is 0 Å². The lowest BCUT2D eigenvalue weighted by molar-refractivity contribution is 0.317. The summed E-state index contributed by atoms with van der Waals surface area (Å²) < 4.78 is 37.4. The van der Waals surface area contributed by atoms with E-state index in [2.05, 4.69) is 0 Å². The van der Waals surface area contributed by atoms with E-state index in [-0.39, 0.29) is 17.2 Å². The zero-order chi connectivity index (χ0) is 14.5. The van der Waals surface area contributed by atoms with Crippen LogP contribution < -0.4 is 15.2 Å². The second-order valence-electron chi connectivity index (χ2n) is 4.19. The first-order valence-corrected chi connectivity index (χ1v) is 6.26. The summed E-state index contributed by atoms with van der Waals surface area (Å²) in [7, 11) is 0. The molecule has 0 radical (unpaired) electrons. The van der Waals surface area contributed by atoms with Crippen molar-refractivity contribution in [2.75, 3.05) is 12.3 Å². The van der Waals surface area contributed by atoms with Crippen molar-refractivity contribution >= 4 is 5.69 Å². The monoisotopic (exact) mass is 279 g/mol. The summed E-state index contributed by atoms with van der Waals surface area (Å²) in [5, 5.41) is 0. The Hall–Kier alpha value is -2.30. The Labute approximate surface area is 115 Å². The lowest BCUT2D eigenvalue weighted by Gasteiger charge is -2.13. The van der Waals surface area contributed by atoms with E-state index in [0.29, 0.717) is 12.4 Å². The molecule has 0 aliphatic rings. The van der Waals surface area contributed by atoms with E-state index in [1.807, 2.05) is 6.92 Å². The number of hydrogen-bond donors (Lipinski definition) is 1. The third-order valence-electron chi connectivity index (χ3n) is 2.60. The predicted octanol–water partition coefficient (Wildman–Crippen LogP) is 4.13. The van der Waals surface area contributed by atoms with Crippen LogP contribution in [0.4, 0.5) is 14.5 Å². The summed E-state index contributed by atoms with van der Waals surface area (Å²) in [6.45, 7) is 2.49. The molecule has 20 heavy (non-hydrogen) atoms. The zero-order valence-corrected chi connectivity index (χ0v) is 11.0. The van der Waals surface area contributed by atoms with Gasteiger partial charge in [0.2, 0.25) is 0 Å². The third-order valence-corrected chi connectivity index (χ3v) is 2.60. The second kappa shape index (κ2) is 6.23. The summed E-state index contributed by atoms with van der Waals surface area (Å²) in [4.78, 5) is 0. The molecule has 0 aliphatic heterocycles. The fraction of sp³-hybridized carbons (Fsp3) is 0.200. The summed E-state index contributed by atoms with van der Waals surface area (Å²) in [5.74, 6) is -0.780. The fourth-order valence-electron chi connectivity index (χ4n) is 1.62. The van der Waals surface area contributed by atoms with Gasteiger partial charge in [0, 0.05) is 6.07 Å². The highest BCUT2D eigenvalue weighted by atomic mass is 19.1. The van der Waals surface area contributed by atoms with Crippen LogP contribution in [-0.2, 0) is 0 Å². The van der Waals surface area contributed by atoms with E-state index < -0.39 is 11.6 Å². The number of rotatable bonds is 5. The van der Waals surface area contributed by atoms with E-state index in [9.17, 15) is 8.78 Å². The van der Waals surface area contributed by atoms with E-state index in [0.717, 1.165) is 24.6 Å². The molecule has 0 aliphatic carbocycles. The Morgan fingerprint density at radius 1 is 1.05 bits per heavy atom. The minimum absolute atomic E-state index is 0.218. The molecule has 2 N–H and O–H groups in total. The molecule has 0 heterocycles. The fourth-order valence-corrected chi connectivity index (χ4v) is 1.62. The van der Waals surface area contributed by atoms with E-state index in [4.69, 9.17) is 15.2 Å². The third kappa shape index (κ3) is 3.17. The zero-order valence-electron chi connectivity index (χ0n) is 11.0. The molecule has 2 aromatic carbocycles. The number of ether oxygens (including phenoxy) is 2. The molecule has 0 spiro atoms. The molecule has 0 fully saturated rings. The van der Waals surface area contributed by atoms with Crippen LogP contribution in [0.5, 0.6) is 17.2 Å². The first-order valence-electron chi connectivity index (χ1n) is 6.26. The lowest BCUT2D eigenvalue weighted by atomic mass is 10.2. The minimum atomic E-state index is -0.661. The molecular formula is C15H15F2NO2. The van der Waals surface area contributed by atoms with Crippen molar-refractivity contribution in [1.29, 1.82) is 0 Å². The van der Waals surface area contributed by atoms with Gasteiger partial charge in [0.15, 0.2) is 17.3 Å². The Kier molecular flexibility index (Phi) is 4.40. The van der Waals surface area contributed by atoms with Crippen LogP contribution in [0.1, 0.15) is 13.3 Å². The second-order valence-corrected chi connectivity index (χ2v) is 4.19. The minimum Gasteiger partial charge on any atom is -0.491 e. The van der Waals surface area contributed by atoms with Crippen LogP contribution in [0, 0.1) is 11.6 Å². The highest BCUT2D eigenvalue weighted by molar-refractivity contribution is 5.63. The molecule has 0 atom stereocenters. The molecule has 0 saturated carbocycles. The van der Waals surface area contributed by atoms with Crippen molar-refractivity contribution in [3.63, 3.8) is 0 Å². The Balaban J connectivity index is 2.27. The molecule has 2 aromatic rings. The predicted molar refractivity (Wildman–Crippen MR) is 73.1 cm³/mol. The largest absolute Gasteiger partial charge is 0.491 e. The summed E-state index contributed by atoms with van der Waals surface area (Å²) >= 11 is 0. The summed E-state index contributed by atoms with van der Waals surface area (Å²) in [6.07, 6.45) is 0.836. The molecule has 0 amide bonds. The molecule has 3 nitrogen and oxygen atoms in total. The number of benzene rings is 2. The van der Waals surface area contributed by atoms with Crippen LogP contribution >= 0.6 is 0 Å². The number of hydrogen-bond acceptors (Lipinski definition) is 3. The Morgan fingerprint density at radius 3 is 2.55 bits per heavy atom. The maximum absolute atomic E-state index is 13.5. The molecule has 106 valence electrons. The molecule has 2 rings (SSSR count). The van der Waals surface area contributed by atoms with Gasteiger partial charge in [-0.1, -0.05) is 13.0 Å². The van der Waals surface area contributed by atoms with Gasteiger partial charge in [-0.2, -0.15) is 0 Å². The van der Waals surface area contributed by atoms with Crippen molar-refractivity contribution in [1.82, 2.24) is 0 Å². The van der Waals surface area contributed by atoms with E-state index >= 15 is 0 Å². The van der Waals surface area contributed by atoms with Gasteiger partial charge in [0.25, 0.3) is 0 Å². The normalized spacial score (nSPS) is 10.3. The maximum atomic E-state index is 13.5. The molecule has 5 heteroatoms. The van der Waals surface area contributed by atoms with Gasteiger partial charge in [-0.15, -0.1) is 0 Å². The number of para-hydroxylation sites is 1. The van der Waals surface area contributed by atoms with Gasteiger partial charge < -0.3 is 15.2 Å². The first kappa shape index (κ1) is 14.1. The topological polar surface area (TPSA) is 44.5 Å². The smallest absolute Gasteiger partial charge is 0.166 e. The van der Waals surface area contributed by atoms with Crippen LogP contribution in [0.3, 0.4) is 0 Å². The number of nitrogen functional groups attached to an aromatic ring is 1. The highest BCUT2D eigenvalue weighted by Crippen LogP contribution is 2.35. The average molecular weight is 279 g/mol. The quantitative estimate of drug-likeness (QED) is 0.837. The van der Waals surface area contributed by atoms with E-state index in [1.54, 1.807) is 18.2 Å².